The molecule has 0 aromatic carbocycles. The zero-order valence-electron chi connectivity index (χ0n) is 12.4. The average molecular weight is 277 g/mol. The van der Waals surface area contributed by atoms with E-state index in [1.54, 1.807) is 20.4 Å². The van der Waals surface area contributed by atoms with Crippen LogP contribution >= 0.6 is 0 Å². The standard InChI is InChI=1S/C15H23N3O2/c1-16-13(11-7-9-4-5-10(11)6-9)14-15(20-3)18-12(19-2)8-17-14/h8-11,13,16H,4-7H2,1-3H3. The van der Waals surface area contributed by atoms with E-state index in [0.29, 0.717) is 17.7 Å². The van der Waals surface area contributed by atoms with Crippen LogP contribution in [-0.4, -0.2) is 31.2 Å². The minimum atomic E-state index is 0.221. The number of methoxy groups -OCH3 is 2. The molecule has 1 aromatic rings. The first kappa shape index (κ1) is 13.6. The molecule has 0 aliphatic heterocycles. The van der Waals surface area contributed by atoms with Crippen molar-refractivity contribution < 1.29 is 9.47 Å². The molecule has 2 fully saturated rings. The van der Waals surface area contributed by atoms with Crippen LogP contribution in [0.5, 0.6) is 11.8 Å². The Kier molecular flexibility index (Phi) is 3.78. The second-order valence-electron chi connectivity index (χ2n) is 5.91. The van der Waals surface area contributed by atoms with Gasteiger partial charge >= 0.3 is 0 Å². The fourth-order valence-corrected chi connectivity index (χ4v) is 4.08. The van der Waals surface area contributed by atoms with Gasteiger partial charge in [-0.2, -0.15) is 4.98 Å². The molecule has 5 heteroatoms. The summed E-state index contributed by atoms with van der Waals surface area (Å²) in [6.45, 7) is 0. The predicted molar refractivity (Wildman–Crippen MR) is 75.9 cm³/mol. The van der Waals surface area contributed by atoms with Crippen LogP contribution in [0.2, 0.25) is 0 Å². The van der Waals surface area contributed by atoms with E-state index in [1.807, 2.05) is 7.05 Å². The summed E-state index contributed by atoms with van der Waals surface area (Å²) in [5.41, 5.74) is 0.911. The Morgan fingerprint density at radius 3 is 2.65 bits per heavy atom. The first-order valence-corrected chi connectivity index (χ1v) is 7.39. The first-order valence-electron chi connectivity index (χ1n) is 7.39. The van der Waals surface area contributed by atoms with Gasteiger partial charge in [0, 0.05) is 0 Å². The summed E-state index contributed by atoms with van der Waals surface area (Å²) in [7, 11) is 5.23. The molecule has 4 atom stereocenters. The fraction of sp³-hybridized carbons (Fsp3) is 0.733. The first-order chi connectivity index (χ1) is 9.76. The lowest BCUT2D eigenvalue weighted by Crippen LogP contribution is -2.30. The lowest BCUT2D eigenvalue weighted by atomic mass is 9.82. The fourth-order valence-electron chi connectivity index (χ4n) is 4.08. The molecule has 2 bridgehead atoms. The van der Waals surface area contributed by atoms with Gasteiger partial charge in [0.1, 0.15) is 5.69 Å². The van der Waals surface area contributed by atoms with Gasteiger partial charge in [-0.15, -0.1) is 0 Å². The van der Waals surface area contributed by atoms with Crippen molar-refractivity contribution in [3.8, 4) is 11.8 Å². The second-order valence-corrected chi connectivity index (χ2v) is 5.91. The van der Waals surface area contributed by atoms with Crippen molar-refractivity contribution in [1.29, 1.82) is 0 Å². The molecule has 2 aliphatic rings. The van der Waals surface area contributed by atoms with E-state index in [2.05, 4.69) is 15.3 Å². The van der Waals surface area contributed by atoms with Crippen LogP contribution in [0.25, 0.3) is 0 Å². The lowest BCUT2D eigenvalue weighted by molar-refractivity contribution is 0.247. The highest BCUT2D eigenvalue weighted by Gasteiger charge is 2.44. The van der Waals surface area contributed by atoms with Gasteiger partial charge in [-0.25, -0.2) is 4.98 Å². The topological polar surface area (TPSA) is 56.3 Å². The van der Waals surface area contributed by atoms with Gasteiger partial charge in [-0.05, 0) is 44.1 Å². The van der Waals surface area contributed by atoms with E-state index >= 15 is 0 Å². The summed E-state index contributed by atoms with van der Waals surface area (Å²) in [6, 6.07) is 0.221. The molecule has 5 nitrogen and oxygen atoms in total. The van der Waals surface area contributed by atoms with Crippen LogP contribution in [0, 0.1) is 17.8 Å². The summed E-state index contributed by atoms with van der Waals surface area (Å²) >= 11 is 0. The summed E-state index contributed by atoms with van der Waals surface area (Å²) < 4.78 is 10.5. The Morgan fingerprint density at radius 2 is 2.10 bits per heavy atom. The van der Waals surface area contributed by atoms with E-state index in [-0.39, 0.29) is 6.04 Å². The van der Waals surface area contributed by atoms with E-state index < -0.39 is 0 Å². The monoisotopic (exact) mass is 277 g/mol. The van der Waals surface area contributed by atoms with Gasteiger partial charge in [-0.3, -0.25) is 0 Å². The molecule has 1 N–H and O–H groups in total. The molecule has 0 amide bonds. The van der Waals surface area contributed by atoms with Crippen LogP contribution in [0.15, 0.2) is 6.20 Å². The number of fused-ring (bicyclic) bond motifs is 2. The number of aromatic nitrogens is 2. The number of hydrogen-bond acceptors (Lipinski definition) is 5. The zero-order valence-corrected chi connectivity index (χ0v) is 12.4. The zero-order chi connectivity index (χ0) is 14.1. The molecule has 0 saturated heterocycles. The maximum Gasteiger partial charge on any atom is 0.240 e. The maximum atomic E-state index is 5.42. The van der Waals surface area contributed by atoms with Gasteiger partial charge < -0.3 is 14.8 Å². The quantitative estimate of drug-likeness (QED) is 0.894. The summed E-state index contributed by atoms with van der Waals surface area (Å²) in [5, 5.41) is 3.43. The maximum absolute atomic E-state index is 5.42. The number of hydrogen-bond donors (Lipinski definition) is 1. The van der Waals surface area contributed by atoms with E-state index in [0.717, 1.165) is 17.5 Å². The van der Waals surface area contributed by atoms with Crippen molar-refractivity contribution in [3.63, 3.8) is 0 Å². The van der Waals surface area contributed by atoms with Gasteiger partial charge in [0.15, 0.2) is 0 Å². The third-order valence-corrected chi connectivity index (χ3v) is 4.97. The Bertz CT molecular complexity index is 480. The number of nitrogens with one attached hydrogen (secondary N) is 1. The SMILES string of the molecule is CNC(c1ncc(OC)nc1OC)C1CC2CCC1C2. The predicted octanol–water partition coefficient (Wildman–Crippen LogP) is 2.19. The van der Waals surface area contributed by atoms with Crippen molar-refractivity contribution in [2.24, 2.45) is 17.8 Å². The molecule has 2 saturated carbocycles. The van der Waals surface area contributed by atoms with Crippen molar-refractivity contribution in [2.75, 3.05) is 21.3 Å². The molecule has 0 spiro atoms. The normalized spacial score (nSPS) is 29.4. The van der Waals surface area contributed by atoms with Crippen molar-refractivity contribution in [2.45, 2.75) is 31.7 Å². The highest BCUT2D eigenvalue weighted by molar-refractivity contribution is 5.27. The molecule has 1 heterocycles. The van der Waals surface area contributed by atoms with Crippen LogP contribution in [0.4, 0.5) is 0 Å². The summed E-state index contributed by atoms with van der Waals surface area (Å²) in [6.07, 6.45) is 7.12. The van der Waals surface area contributed by atoms with Crippen molar-refractivity contribution >= 4 is 0 Å². The number of nitrogens with zero attached hydrogens (tertiary/aromatic N) is 2. The molecular formula is C15H23N3O2. The largest absolute Gasteiger partial charge is 0.480 e. The van der Waals surface area contributed by atoms with Gasteiger partial charge in [0.2, 0.25) is 11.8 Å². The third kappa shape index (κ3) is 2.24. The van der Waals surface area contributed by atoms with Gasteiger partial charge in [0.05, 0.1) is 26.5 Å². The molecule has 20 heavy (non-hydrogen) atoms. The Balaban J connectivity index is 1.89. The van der Waals surface area contributed by atoms with Gasteiger partial charge in [0.25, 0.3) is 0 Å². The molecule has 0 radical (unpaired) electrons. The van der Waals surface area contributed by atoms with Crippen LogP contribution < -0.4 is 14.8 Å². The van der Waals surface area contributed by atoms with Crippen molar-refractivity contribution in [3.05, 3.63) is 11.9 Å². The summed E-state index contributed by atoms with van der Waals surface area (Å²) in [5.74, 6) is 3.46. The van der Waals surface area contributed by atoms with Gasteiger partial charge in [-0.1, -0.05) is 6.42 Å². The van der Waals surface area contributed by atoms with E-state index in [4.69, 9.17) is 9.47 Å². The number of rotatable bonds is 5. The van der Waals surface area contributed by atoms with Crippen LogP contribution in [0.3, 0.4) is 0 Å². The molecule has 3 rings (SSSR count). The van der Waals surface area contributed by atoms with Crippen LogP contribution in [0.1, 0.15) is 37.4 Å². The molecule has 2 aliphatic carbocycles. The Labute approximate surface area is 120 Å². The minimum Gasteiger partial charge on any atom is -0.480 e. The highest BCUT2D eigenvalue weighted by atomic mass is 16.5. The summed E-state index contributed by atoms with van der Waals surface area (Å²) in [4.78, 5) is 8.91. The minimum absolute atomic E-state index is 0.221. The molecule has 4 unspecified atom stereocenters. The highest BCUT2D eigenvalue weighted by Crippen LogP contribution is 2.52. The number of ether oxygens (including phenoxy) is 2. The van der Waals surface area contributed by atoms with Crippen molar-refractivity contribution in [1.82, 2.24) is 15.3 Å². The molecular weight excluding hydrogens is 254 g/mol. The Hall–Kier alpha value is -1.36. The molecule has 1 aromatic heterocycles. The van der Waals surface area contributed by atoms with Crippen LogP contribution in [-0.2, 0) is 0 Å². The van der Waals surface area contributed by atoms with E-state index in [1.165, 1.54) is 25.7 Å². The smallest absolute Gasteiger partial charge is 0.240 e. The lowest BCUT2D eigenvalue weighted by Gasteiger charge is -2.30. The molecule has 110 valence electrons. The third-order valence-electron chi connectivity index (χ3n) is 4.97. The average Bonchev–Trinajstić information content (AvgIpc) is 3.11. The van der Waals surface area contributed by atoms with E-state index in [9.17, 15) is 0 Å². The Morgan fingerprint density at radius 1 is 1.25 bits per heavy atom. The second kappa shape index (κ2) is 5.56.